The van der Waals surface area contributed by atoms with Crippen LogP contribution in [0.1, 0.15) is 23.2 Å². The Kier molecular flexibility index (Phi) is 6.79. The molecule has 1 fully saturated rings. The second-order valence-corrected chi connectivity index (χ2v) is 8.23. The minimum absolute atomic E-state index is 0.0244. The third kappa shape index (κ3) is 5.09. The fraction of sp³-hybridized carbons (Fsp3) is 0.409. The lowest BCUT2D eigenvalue weighted by molar-refractivity contribution is 0.0890. The van der Waals surface area contributed by atoms with E-state index in [2.05, 4.69) is 16.0 Å². The van der Waals surface area contributed by atoms with Crippen LogP contribution in [0.3, 0.4) is 0 Å². The summed E-state index contributed by atoms with van der Waals surface area (Å²) >= 11 is 6.17. The molecule has 11 heteroatoms. The Hall–Kier alpha value is -3.58. The van der Waals surface area contributed by atoms with E-state index in [1.807, 2.05) is 35.2 Å². The average molecular weight is 471 g/mol. The number of benzene rings is 1. The second-order valence-electron chi connectivity index (χ2n) is 7.89. The fourth-order valence-electron chi connectivity index (χ4n) is 4.17. The molecule has 3 heterocycles. The highest BCUT2D eigenvalue weighted by molar-refractivity contribution is 6.28. The Labute approximate surface area is 196 Å². The number of halogens is 1. The van der Waals surface area contributed by atoms with Gasteiger partial charge in [-0.3, -0.25) is 0 Å². The van der Waals surface area contributed by atoms with E-state index in [1.54, 1.807) is 4.90 Å². The van der Waals surface area contributed by atoms with Crippen LogP contribution in [0, 0.1) is 11.3 Å². The van der Waals surface area contributed by atoms with E-state index >= 15 is 0 Å². The van der Waals surface area contributed by atoms with Crippen molar-refractivity contribution in [3.05, 3.63) is 52.4 Å². The molecule has 2 aliphatic rings. The van der Waals surface area contributed by atoms with Gasteiger partial charge in [0.15, 0.2) is 0 Å². The SMILES string of the molecule is N#CCC1CN(C(=O)OCc2ccccc2)CCN1c1nc(Cl)nc2c1CCN(C(=O)O)C2. The number of carbonyl (C=O) groups is 2. The van der Waals surface area contributed by atoms with Gasteiger partial charge in [-0.25, -0.2) is 19.6 Å². The smallest absolute Gasteiger partial charge is 0.410 e. The number of nitrogens with zero attached hydrogens (tertiary/aromatic N) is 6. The van der Waals surface area contributed by atoms with E-state index in [0.717, 1.165) is 11.1 Å². The minimum atomic E-state index is -1.01. The molecule has 0 radical (unpaired) electrons. The van der Waals surface area contributed by atoms with Crippen LogP contribution in [0.15, 0.2) is 30.3 Å². The highest BCUT2D eigenvalue weighted by Gasteiger charge is 2.34. The van der Waals surface area contributed by atoms with E-state index < -0.39 is 12.2 Å². The van der Waals surface area contributed by atoms with E-state index in [9.17, 15) is 20.0 Å². The van der Waals surface area contributed by atoms with Crippen LogP contribution in [-0.4, -0.2) is 69.3 Å². The van der Waals surface area contributed by atoms with Crippen molar-refractivity contribution >= 4 is 29.6 Å². The summed E-state index contributed by atoms with van der Waals surface area (Å²) in [5.41, 5.74) is 2.30. The molecule has 0 spiro atoms. The summed E-state index contributed by atoms with van der Waals surface area (Å²) in [6, 6.07) is 11.3. The third-order valence-electron chi connectivity index (χ3n) is 5.83. The first-order chi connectivity index (χ1) is 16.0. The van der Waals surface area contributed by atoms with Crippen molar-refractivity contribution in [2.45, 2.75) is 32.0 Å². The number of hydrogen-bond acceptors (Lipinski definition) is 7. The molecule has 10 nitrogen and oxygen atoms in total. The van der Waals surface area contributed by atoms with Gasteiger partial charge >= 0.3 is 12.2 Å². The highest BCUT2D eigenvalue weighted by Crippen LogP contribution is 2.31. The molecule has 1 saturated heterocycles. The number of nitriles is 1. The lowest BCUT2D eigenvalue weighted by Gasteiger charge is -2.42. The molecule has 33 heavy (non-hydrogen) atoms. The predicted molar refractivity (Wildman–Crippen MR) is 119 cm³/mol. The number of amides is 2. The van der Waals surface area contributed by atoms with E-state index in [-0.39, 0.29) is 30.9 Å². The summed E-state index contributed by atoms with van der Waals surface area (Å²) in [4.78, 5) is 37.5. The summed E-state index contributed by atoms with van der Waals surface area (Å²) in [6.45, 7) is 1.78. The first kappa shape index (κ1) is 22.6. The largest absolute Gasteiger partial charge is 0.465 e. The van der Waals surface area contributed by atoms with Gasteiger partial charge in [0.25, 0.3) is 0 Å². The van der Waals surface area contributed by atoms with Crippen LogP contribution >= 0.6 is 11.6 Å². The molecule has 2 amide bonds. The molecule has 1 aromatic carbocycles. The third-order valence-corrected chi connectivity index (χ3v) is 6.00. The molecule has 2 aromatic rings. The monoisotopic (exact) mass is 470 g/mol. The average Bonchev–Trinajstić information content (AvgIpc) is 2.82. The second kappa shape index (κ2) is 9.92. The maximum Gasteiger partial charge on any atom is 0.410 e. The van der Waals surface area contributed by atoms with Crippen molar-refractivity contribution in [1.82, 2.24) is 19.8 Å². The van der Waals surface area contributed by atoms with Crippen LogP contribution in [0.2, 0.25) is 5.28 Å². The maximum atomic E-state index is 12.6. The molecule has 172 valence electrons. The summed E-state index contributed by atoms with van der Waals surface area (Å²) in [5.74, 6) is 0.604. The number of carbonyl (C=O) groups excluding carboxylic acids is 1. The number of rotatable bonds is 4. The van der Waals surface area contributed by atoms with Gasteiger partial charge in [0.05, 0.1) is 30.8 Å². The molecular weight excluding hydrogens is 448 g/mol. The van der Waals surface area contributed by atoms with E-state index in [4.69, 9.17) is 16.3 Å². The van der Waals surface area contributed by atoms with Crippen LogP contribution in [0.25, 0.3) is 0 Å². The Balaban J connectivity index is 1.50. The van der Waals surface area contributed by atoms with Gasteiger partial charge in [-0.1, -0.05) is 30.3 Å². The molecule has 1 atom stereocenters. The quantitative estimate of drug-likeness (QED) is 0.676. The number of anilines is 1. The molecule has 0 saturated carbocycles. The van der Waals surface area contributed by atoms with Gasteiger partial charge in [-0.2, -0.15) is 5.26 Å². The Morgan fingerprint density at radius 2 is 1.97 bits per heavy atom. The molecule has 1 unspecified atom stereocenters. The van der Waals surface area contributed by atoms with Gasteiger partial charge in [0.1, 0.15) is 12.4 Å². The first-order valence-electron chi connectivity index (χ1n) is 10.6. The van der Waals surface area contributed by atoms with Crippen LogP contribution in [-0.2, 0) is 24.3 Å². The zero-order chi connectivity index (χ0) is 23.4. The summed E-state index contributed by atoms with van der Waals surface area (Å²) in [5, 5.41) is 18.7. The van der Waals surface area contributed by atoms with Crippen LogP contribution in [0.5, 0.6) is 0 Å². The molecule has 1 N–H and O–H groups in total. The van der Waals surface area contributed by atoms with E-state index in [0.29, 0.717) is 44.1 Å². The fourth-order valence-corrected chi connectivity index (χ4v) is 4.35. The Morgan fingerprint density at radius 1 is 1.18 bits per heavy atom. The van der Waals surface area contributed by atoms with Crippen molar-refractivity contribution in [1.29, 1.82) is 5.26 Å². The van der Waals surface area contributed by atoms with Crippen LogP contribution < -0.4 is 4.90 Å². The standard InChI is InChI=1S/C22H23ClN6O4/c23-20-25-18-13-27(21(30)31)9-7-17(18)19(26-20)29-11-10-28(12-16(29)6-8-24)22(32)33-14-15-4-2-1-3-5-15/h1-5,16H,6-7,9-14H2,(H,30,31). The minimum Gasteiger partial charge on any atom is -0.465 e. The van der Waals surface area contributed by atoms with Crippen molar-refractivity contribution in [3.63, 3.8) is 0 Å². The summed E-state index contributed by atoms with van der Waals surface area (Å²) in [6.07, 6.45) is -0.810. The molecule has 1 aromatic heterocycles. The van der Waals surface area contributed by atoms with E-state index in [1.165, 1.54) is 4.90 Å². The van der Waals surface area contributed by atoms with Gasteiger partial charge in [-0.15, -0.1) is 0 Å². The Morgan fingerprint density at radius 3 is 2.70 bits per heavy atom. The van der Waals surface area contributed by atoms with Crippen LogP contribution in [0.4, 0.5) is 15.4 Å². The van der Waals surface area contributed by atoms with Crippen molar-refractivity contribution in [3.8, 4) is 6.07 Å². The van der Waals surface area contributed by atoms with Gasteiger partial charge in [-0.05, 0) is 23.6 Å². The van der Waals surface area contributed by atoms with Gasteiger partial charge in [0, 0.05) is 31.7 Å². The normalized spacial score (nSPS) is 17.8. The maximum absolute atomic E-state index is 12.6. The van der Waals surface area contributed by atoms with Crippen molar-refractivity contribution in [2.75, 3.05) is 31.1 Å². The zero-order valence-electron chi connectivity index (χ0n) is 17.9. The van der Waals surface area contributed by atoms with Gasteiger partial charge in [0.2, 0.25) is 5.28 Å². The molecule has 2 aliphatic heterocycles. The number of fused-ring (bicyclic) bond motifs is 1. The number of aromatic nitrogens is 2. The highest BCUT2D eigenvalue weighted by atomic mass is 35.5. The molecule has 4 rings (SSSR count). The lowest BCUT2D eigenvalue weighted by atomic mass is 10.0. The number of piperazine rings is 1. The predicted octanol–water partition coefficient (Wildman–Crippen LogP) is 2.91. The number of carboxylic acid groups (broad SMARTS) is 1. The van der Waals surface area contributed by atoms with Gasteiger partial charge < -0.3 is 24.5 Å². The lowest BCUT2D eigenvalue weighted by Crippen LogP contribution is -2.55. The summed E-state index contributed by atoms with van der Waals surface area (Å²) < 4.78 is 5.46. The van der Waals surface area contributed by atoms with Crippen molar-refractivity contribution in [2.24, 2.45) is 0 Å². The zero-order valence-corrected chi connectivity index (χ0v) is 18.6. The molecular formula is C22H23ClN6O4. The van der Waals surface area contributed by atoms with Crippen molar-refractivity contribution < 1.29 is 19.4 Å². The molecule has 0 aliphatic carbocycles. The number of ether oxygens (including phenoxy) is 1. The summed E-state index contributed by atoms with van der Waals surface area (Å²) in [7, 11) is 0. The topological polar surface area (TPSA) is 123 Å². The number of hydrogen-bond donors (Lipinski definition) is 1. The molecule has 0 bridgehead atoms. The first-order valence-corrected chi connectivity index (χ1v) is 11.0. The Bertz CT molecular complexity index is 1080.